The van der Waals surface area contributed by atoms with Crippen molar-refractivity contribution in [2.24, 2.45) is 0 Å². The molecule has 0 fully saturated rings. The zero-order chi connectivity index (χ0) is 14.0. The number of ketones is 1. The predicted molar refractivity (Wildman–Crippen MR) is 78.7 cm³/mol. The minimum atomic E-state index is 0.192. The molecule has 1 aromatic rings. The summed E-state index contributed by atoms with van der Waals surface area (Å²) in [5.74, 6) is 1.47. The minimum Gasteiger partial charge on any atom is -0.294 e. The van der Waals surface area contributed by atoms with Crippen LogP contribution in [0.3, 0.4) is 0 Å². The van der Waals surface area contributed by atoms with Crippen molar-refractivity contribution in [3.8, 4) is 0 Å². The van der Waals surface area contributed by atoms with Gasteiger partial charge >= 0.3 is 0 Å². The normalized spacial score (nSPS) is 11.7. The predicted octanol–water partition coefficient (Wildman–Crippen LogP) is 5.26. The average Bonchev–Trinajstić information content (AvgIpc) is 2.26. The molecule has 18 heavy (non-hydrogen) atoms. The standard InChI is InChI=1S/C17H26O/c1-10(2)14-8-15(11(3)4)17(13(7)18)16(9-14)12(5)6/h8-12H,1-7H3. The molecule has 0 radical (unpaired) electrons. The Labute approximate surface area is 112 Å². The van der Waals surface area contributed by atoms with Crippen LogP contribution in [0.4, 0.5) is 0 Å². The molecule has 1 aromatic carbocycles. The Hall–Kier alpha value is -1.11. The molecule has 0 unspecified atom stereocenters. The van der Waals surface area contributed by atoms with Gasteiger partial charge in [-0.25, -0.2) is 0 Å². The molecule has 0 aliphatic carbocycles. The van der Waals surface area contributed by atoms with Crippen molar-refractivity contribution in [1.29, 1.82) is 0 Å². The Bertz CT molecular complexity index is 410. The van der Waals surface area contributed by atoms with E-state index in [0.29, 0.717) is 17.8 Å². The average molecular weight is 246 g/mol. The number of hydrogen-bond acceptors (Lipinski definition) is 1. The largest absolute Gasteiger partial charge is 0.294 e. The second kappa shape index (κ2) is 5.69. The van der Waals surface area contributed by atoms with Crippen LogP contribution in [-0.2, 0) is 0 Å². The first-order chi connectivity index (χ1) is 8.25. The number of rotatable bonds is 4. The monoisotopic (exact) mass is 246 g/mol. The number of carbonyl (C=O) groups is 1. The van der Waals surface area contributed by atoms with Crippen LogP contribution in [0.1, 0.15) is 93.3 Å². The molecule has 1 nitrogen and oxygen atoms in total. The summed E-state index contributed by atoms with van der Waals surface area (Å²) in [6.07, 6.45) is 0. The highest BCUT2D eigenvalue weighted by molar-refractivity contribution is 5.97. The smallest absolute Gasteiger partial charge is 0.160 e. The van der Waals surface area contributed by atoms with Crippen molar-refractivity contribution >= 4 is 5.78 Å². The summed E-state index contributed by atoms with van der Waals surface area (Å²) < 4.78 is 0. The summed E-state index contributed by atoms with van der Waals surface area (Å²) in [4.78, 5) is 12.0. The number of Topliss-reactive ketones (excluding diaryl/α,β-unsaturated/α-hetero) is 1. The maximum atomic E-state index is 12.0. The van der Waals surface area contributed by atoms with E-state index in [1.54, 1.807) is 6.92 Å². The second-order valence-electron chi connectivity index (χ2n) is 6.09. The molecule has 1 rings (SSSR count). The molecule has 0 spiro atoms. The molecule has 0 saturated heterocycles. The third-order valence-electron chi connectivity index (χ3n) is 3.48. The van der Waals surface area contributed by atoms with Crippen molar-refractivity contribution in [3.63, 3.8) is 0 Å². The summed E-state index contributed by atoms with van der Waals surface area (Å²) in [5, 5.41) is 0. The SMILES string of the molecule is CC(=O)c1c(C(C)C)cc(C(C)C)cc1C(C)C. The van der Waals surface area contributed by atoms with Crippen LogP contribution in [0.5, 0.6) is 0 Å². The minimum absolute atomic E-state index is 0.192. The zero-order valence-electron chi connectivity index (χ0n) is 12.8. The van der Waals surface area contributed by atoms with E-state index < -0.39 is 0 Å². The van der Waals surface area contributed by atoms with Crippen molar-refractivity contribution in [2.45, 2.75) is 66.2 Å². The molecule has 0 saturated carbocycles. The van der Waals surface area contributed by atoms with Gasteiger partial charge in [-0.1, -0.05) is 53.7 Å². The van der Waals surface area contributed by atoms with Crippen LogP contribution in [0.25, 0.3) is 0 Å². The van der Waals surface area contributed by atoms with E-state index in [1.807, 2.05) is 0 Å². The lowest BCUT2D eigenvalue weighted by Gasteiger charge is -2.21. The molecule has 0 bridgehead atoms. The Morgan fingerprint density at radius 1 is 0.833 bits per heavy atom. The number of benzene rings is 1. The van der Waals surface area contributed by atoms with Gasteiger partial charge in [0.1, 0.15) is 0 Å². The fourth-order valence-corrected chi connectivity index (χ4v) is 2.36. The van der Waals surface area contributed by atoms with E-state index in [1.165, 1.54) is 16.7 Å². The fourth-order valence-electron chi connectivity index (χ4n) is 2.36. The van der Waals surface area contributed by atoms with Gasteiger partial charge in [0.2, 0.25) is 0 Å². The van der Waals surface area contributed by atoms with Gasteiger partial charge in [-0.05, 0) is 41.4 Å². The van der Waals surface area contributed by atoms with Crippen LogP contribution >= 0.6 is 0 Å². The summed E-state index contributed by atoms with van der Waals surface area (Å²) in [5.41, 5.74) is 4.70. The number of hydrogen-bond donors (Lipinski definition) is 0. The molecule has 1 heteroatoms. The molecule has 0 amide bonds. The molecular formula is C17H26O. The Morgan fingerprint density at radius 2 is 1.22 bits per heavy atom. The molecule has 0 aliphatic heterocycles. The van der Waals surface area contributed by atoms with Gasteiger partial charge in [0.05, 0.1) is 0 Å². The van der Waals surface area contributed by atoms with Gasteiger partial charge in [-0.2, -0.15) is 0 Å². The summed E-state index contributed by atoms with van der Waals surface area (Å²) >= 11 is 0. The summed E-state index contributed by atoms with van der Waals surface area (Å²) in [6, 6.07) is 4.44. The van der Waals surface area contributed by atoms with Crippen molar-refractivity contribution < 1.29 is 4.79 Å². The Kier molecular flexibility index (Phi) is 4.72. The summed E-state index contributed by atoms with van der Waals surface area (Å²) in [6.45, 7) is 14.7. The second-order valence-corrected chi connectivity index (χ2v) is 6.09. The Balaban J connectivity index is 3.60. The molecule has 0 atom stereocenters. The lowest BCUT2D eigenvalue weighted by atomic mass is 9.83. The van der Waals surface area contributed by atoms with Gasteiger partial charge in [0.15, 0.2) is 5.78 Å². The highest BCUT2D eigenvalue weighted by Gasteiger charge is 2.19. The first-order valence-electron chi connectivity index (χ1n) is 6.94. The third kappa shape index (κ3) is 3.01. The zero-order valence-corrected chi connectivity index (χ0v) is 12.8. The van der Waals surface area contributed by atoms with Gasteiger partial charge in [-0.15, -0.1) is 0 Å². The van der Waals surface area contributed by atoms with Crippen LogP contribution in [0.2, 0.25) is 0 Å². The maximum Gasteiger partial charge on any atom is 0.160 e. The van der Waals surface area contributed by atoms with E-state index in [0.717, 1.165) is 5.56 Å². The van der Waals surface area contributed by atoms with E-state index in [-0.39, 0.29) is 5.78 Å². The van der Waals surface area contributed by atoms with Gasteiger partial charge in [0.25, 0.3) is 0 Å². The highest BCUT2D eigenvalue weighted by atomic mass is 16.1. The van der Waals surface area contributed by atoms with Crippen LogP contribution in [0.15, 0.2) is 12.1 Å². The maximum absolute atomic E-state index is 12.0. The molecule has 0 aromatic heterocycles. The van der Waals surface area contributed by atoms with Gasteiger partial charge < -0.3 is 0 Å². The molecule has 0 aliphatic rings. The molecule has 0 N–H and O–H groups in total. The van der Waals surface area contributed by atoms with Crippen LogP contribution in [0, 0.1) is 0 Å². The molecular weight excluding hydrogens is 220 g/mol. The van der Waals surface area contributed by atoms with E-state index >= 15 is 0 Å². The lowest BCUT2D eigenvalue weighted by molar-refractivity contribution is 0.101. The van der Waals surface area contributed by atoms with Crippen molar-refractivity contribution in [1.82, 2.24) is 0 Å². The van der Waals surface area contributed by atoms with Gasteiger partial charge in [-0.3, -0.25) is 4.79 Å². The fraction of sp³-hybridized carbons (Fsp3) is 0.588. The quantitative estimate of drug-likeness (QED) is 0.662. The van der Waals surface area contributed by atoms with E-state index in [4.69, 9.17) is 0 Å². The molecule has 0 heterocycles. The highest BCUT2D eigenvalue weighted by Crippen LogP contribution is 2.32. The first-order valence-corrected chi connectivity index (χ1v) is 6.94. The van der Waals surface area contributed by atoms with E-state index in [2.05, 4.69) is 53.7 Å². The van der Waals surface area contributed by atoms with Crippen molar-refractivity contribution in [3.05, 3.63) is 34.4 Å². The summed E-state index contributed by atoms with van der Waals surface area (Å²) in [7, 11) is 0. The van der Waals surface area contributed by atoms with E-state index in [9.17, 15) is 4.79 Å². The van der Waals surface area contributed by atoms with Crippen LogP contribution in [-0.4, -0.2) is 5.78 Å². The lowest BCUT2D eigenvalue weighted by Crippen LogP contribution is -2.09. The topological polar surface area (TPSA) is 17.1 Å². The number of carbonyl (C=O) groups excluding carboxylic acids is 1. The van der Waals surface area contributed by atoms with Gasteiger partial charge in [0, 0.05) is 5.56 Å². The molecule has 100 valence electrons. The van der Waals surface area contributed by atoms with Crippen molar-refractivity contribution in [2.75, 3.05) is 0 Å². The third-order valence-corrected chi connectivity index (χ3v) is 3.48. The first kappa shape index (κ1) is 14.9. The van der Waals surface area contributed by atoms with Crippen LogP contribution < -0.4 is 0 Å². The Morgan fingerprint density at radius 3 is 1.44 bits per heavy atom.